The second-order valence-corrected chi connectivity index (χ2v) is 6.05. The Morgan fingerprint density at radius 2 is 2.04 bits per heavy atom. The van der Waals surface area contributed by atoms with Gasteiger partial charge in [0.1, 0.15) is 11.5 Å². The minimum absolute atomic E-state index is 0.190. The van der Waals surface area contributed by atoms with Crippen LogP contribution in [-0.4, -0.2) is 14.8 Å². The van der Waals surface area contributed by atoms with Crippen LogP contribution in [0.4, 0.5) is 5.69 Å². The molecule has 0 saturated carbocycles. The van der Waals surface area contributed by atoms with Crippen LogP contribution < -0.4 is 15.6 Å². The molecule has 6 heteroatoms. The van der Waals surface area contributed by atoms with Crippen LogP contribution in [0, 0.1) is 0 Å². The molecule has 0 radical (unpaired) electrons. The third-order valence-electron chi connectivity index (χ3n) is 4.03. The topological polar surface area (TPSA) is 71.9 Å². The minimum Gasteiger partial charge on any atom is -0.456 e. The van der Waals surface area contributed by atoms with Gasteiger partial charge in [-0.25, -0.2) is 0 Å². The smallest absolute Gasteiger partial charge is 0.252 e. The number of nitrogens with one attached hydrogen (secondary N) is 2. The number of aromatic amines is 1. The summed E-state index contributed by atoms with van der Waals surface area (Å²) in [6.07, 6.45) is 3.80. The summed E-state index contributed by atoms with van der Waals surface area (Å²) in [5, 5.41) is 8.37. The highest BCUT2D eigenvalue weighted by molar-refractivity contribution is 5.84. The second kappa shape index (κ2) is 6.76. The zero-order valence-electron chi connectivity index (χ0n) is 14.3. The fourth-order valence-electron chi connectivity index (χ4n) is 2.82. The van der Waals surface area contributed by atoms with Crippen molar-refractivity contribution in [1.82, 2.24) is 14.8 Å². The summed E-state index contributed by atoms with van der Waals surface area (Å²) in [6.45, 7) is 0.672. The summed E-state index contributed by atoms with van der Waals surface area (Å²) < 4.78 is 7.77. The van der Waals surface area contributed by atoms with Gasteiger partial charge in [-0.1, -0.05) is 18.2 Å². The second-order valence-electron chi connectivity index (χ2n) is 6.05. The van der Waals surface area contributed by atoms with E-state index in [1.54, 1.807) is 4.68 Å². The molecule has 4 aromatic rings. The largest absolute Gasteiger partial charge is 0.456 e. The van der Waals surface area contributed by atoms with E-state index < -0.39 is 0 Å². The zero-order chi connectivity index (χ0) is 17.9. The first-order valence-corrected chi connectivity index (χ1v) is 8.29. The highest BCUT2D eigenvalue weighted by Crippen LogP contribution is 2.28. The summed E-state index contributed by atoms with van der Waals surface area (Å²) in [6, 6.07) is 16.7. The third kappa shape index (κ3) is 3.44. The molecule has 0 saturated heterocycles. The van der Waals surface area contributed by atoms with E-state index in [-0.39, 0.29) is 5.56 Å². The van der Waals surface area contributed by atoms with E-state index in [9.17, 15) is 4.79 Å². The Morgan fingerprint density at radius 3 is 2.88 bits per heavy atom. The lowest BCUT2D eigenvalue weighted by Crippen LogP contribution is -2.04. The van der Waals surface area contributed by atoms with Crippen molar-refractivity contribution in [1.29, 1.82) is 0 Å². The molecule has 6 nitrogen and oxygen atoms in total. The SMILES string of the molecule is Cn1cc(CNc2cccc(Oc3cc(=O)[nH]c4ccccc34)c2)cn1. The summed E-state index contributed by atoms with van der Waals surface area (Å²) >= 11 is 0. The van der Waals surface area contributed by atoms with Gasteiger partial charge in [-0.15, -0.1) is 0 Å². The zero-order valence-corrected chi connectivity index (χ0v) is 14.3. The molecule has 0 atom stereocenters. The molecule has 0 unspecified atom stereocenters. The molecule has 2 aromatic carbocycles. The van der Waals surface area contributed by atoms with Crippen molar-refractivity contribution in [2.75, 3.05) is 5.32 Å². The number of anilines is 1. The summed E-state index contributed by atoms with van der Waals surface area (Å²) in [7, 11) is 1.89. The standard InChI is InChI=1S/C20H18N4O2/c1-24-13-14(12-22-24)11-21-15-5-4-6-16(9-15)26-19-10-20(25)23-18-8-3-2-7-17(18)19/h2-10,12-13,21H,11H2,1H3,(H,23,25). The van der Waals surface area contributed by atoms with Crippen LogP contribution in [0.1, 0.15) is 5.56 Å². The van der Waals surface area contributed by atoms with Crippen molar-refractivity contribution in [2.24, 2.45) is 7.05 Å². The predicted octanol–water partition coefficient (Wildman–Crippen LogP) is 3.67. The van der Waals surface area contributed by atoms with Gasteiger partial charge in [0.05, 0.1) is 11.7 Å². The van der Waals surface area contributed by atoms with Gasteiger partial charge in [-0.05, 0) is 24.3 Å². The van der Waals surface area contributed by atoms with Gasteiger partial charge < -0.3 is 15.0 Å². The lowest BCUT2D eigenvalue weighted by Gasteiger charge is -2.11. The van der Waals surface area contributed by atoms with Crippen LogP contribution >= 0.6 is 0 Å². The summed E-state index contributed by atoms with van der Waals surface area (Å²) in [5.74, 6) is 1.20. The molecule has 0 fully saturated rings. The maximum absolute atomic E-state index is 11.9. The average molecular weight is 346 g/mol. The van der Waals surface area contributed by atoms with E-state index >= 15 is 0 Å². The fourth-order valence-corrected chi connectivity index (χ4v) is 2.82. The van der Waals surface area contributed by atoms with Crippen molar-refractivity contribution in [3.8, 4) is 11.5 Å². The number of aromatic nitrogens is 3. The number of rotatable bonds is 5. The molecule has 4 rings (SSSR count). The molecule has 0 aliphatic rings. The van der Waals surface area contributed by atoms with Crippen molar-refractivity contribution in [2.45, 2.75) is 6.54 Å². The maximum Gasteiger partial charge on any atom is 0.252 e. The number of hydrogen-bond acceptors (Lipinski definition) is 4. The van der Waals surface area contributed by atoms with Crippen LogP contribution in [0.2, 0.25) is 0 Å². The Kier molecular flexibility index (Phi) is 4.15. The van der Waals surface area contributed by atoms with E-state index in [4.69, 9.17) is 4.74 Å². The van der Waals surface area contributed by atoms with Gasteiger partial charge in [-0.3, -0.25) is 9.48 Å². The fraction of sp³-hybridized carbons (Fsp3) is 0.100. The molecule has 26 heavy (non-hydrogen) atoms. The number of fused-ring (bicyclic) bond motifs is 1. The Morgan fingerprint density at radius 1 is 1.15 bits per heavy atom. The Balaban J connectivity index is 1.57. The van der Waals surface area contributed by atoms with E-state index in [1.807, 2.05) is 68.0 Å². The highest BCUT2D eigenvalue weighted by atomic mass is 16.5. The molecule has 2 aromatic heterocycles. The molecule has 0 bridgehead atoms. The number of ether oxygens (including phenoxy) is 1. The number of pyridine rings is 1. The number of aryl methyl sites for hydroxylation is 1. The van der Waals surface area contributed by atoms with Crippen LogP contribution in [0.3, 0.4) is 0 Å². The van der Waals surface area contributed by atoms with Crippen LogP contribution in [-0.2, 0) is 13.6 Å². The first-order chi connectivity index (χ1) is 12.7. The number of nitrogens with zero attached hydrogens (tertiary/aromatic N) is 2. The van der Waals surface area contributed by atoms with E-state index in [2.05, 4.69) is 15.4 Å². The minimum atomic E-state index is -0.190. The van der Waals surface area contributed by atoms with Crippen LogP contribution in [0.15, 0.2) is 71.8 Å². The molecule has 0 amide bonds. The number of hydrogen-bond donors (Lipinski definition) is 2. The quantitative estimate of drug-likeness (QED) is 0.578. The molecular weight excluding hydrogens is 328 g/mol. The van der Waals surface area contributed by atoms with Crippen molar-refractivity contribution >= 4 is 16.6 Å². The van der Waals surface area contributed by atoms with Crippen molar-refractivity contribution in [3.05, 3.63) is 82.9 Å². The number of para-hydroxylation sites is 1. The molecular formula is C20H18N4O2. The van der Waals surface area contributed by atoms with Gasteiger partial charge in [0, 0.05) is 48.6 Å². The van der Waals surface area contributed by atoms with Crippen LogP contribution in [0.25, 0.3) is 10.9 Å². The van der Waals surface area contributed by atoms with E-state index in [0.29, 0.717) is 18.0 Å². The van der Waals surface area contributed by atoms with Gasteiger partial charge in [0.15, 0.2) is 0 Å². The van der Waals surface area contributed by atoms with Gasteiger partial charge in [0.25, 0.3) is 5.56 Å². The average Bonchev–Trinajstić information content (AvgIpc) is 3.05. The normalized spacial score (nSPS) is 10.8. The van der Waals surface area contributed by atoms with Gasteiger partial charge in [0.2, 0.25) is 0 Å². The maximum atomic E-state index is 11.9. The van der Waals surface area contributed by atoms with Gasteiger partial charge in [-0.2, -0.15) is 5.10 Å². The summed E-state index contributed by atoms with van der Waals surface area (Å²) in [5.41, 5.74) is 2.59. The lowest BCUT2D eigenvalue weighted by molar-refractivity contribution is 0.487. The molecule has 0 spiro atoms. The Bertz CT molecular complexity index is 1110. The first kappa shape index (κ1) is 16.0. The number of benzene rings is 2. The first-order valence-electron chi connectivity index (χ1n) is 8.29. The van der Waals surface area contributed by atoms with Crippen molar-refractivity contribution in [3.63, 3.8) is 0 Å². The van der Waals surface area contributed by atoms with Gasteiger partial charge >= 0.3 is 0 Å². The highest BCUT2D eigenvalue weighted by Gasteiger charge is 2.06. The predicted molar refractivity (Wildman–Crippen MR) is 102 cm³/mol. The number of H-pyrrole nitrogens is 1. The van der Waals surface area contributed by atoms with Crippen LogP contribution in [0.5, 0.6) is 11.5 Å². The van der Waals surface area contributed by atoms with E-state index in [0.717, 1.165) is 22.2 Å². The summed E-state index contributed by atoms with van der Waals surface area (Å²) in [4.78, 5) is 14.7. The Hall–Kier alpha value is -3.54. The lowest BCUT2D eigenvalue weighted by atomic mass is 10.2. The third-order valence-corrected chi connectivity index (χ3v) is 4.03. The molecule has 2 N–H and O–H groups in total. The van der Waals surface area contributed by atoms with Crippen molar-refractivity contribution < 1.29 is 4.74 Å². The molecule has 130 valence electrons. The van der Waals surface area contributed by atoms with E-state index in [1.165, 1.54) is 6.07 Å². The molecule has 2 heterocycles. The molecule has 0 aliphatic heterocycles. The monoisotopic (exact) mass is 346 g/mol. The molecule has 0 aliphatic carbocycles. The Labute approximate surface area is 150 Å².